The summed E-state index contributed by atoms with van der Waals surface area (Å²) < 4.78 is 0. The second kappa shape index (κ2) is 10.1. The Morgan fingerprint density at radius 3 is 2.48 bits per heavy atom. The first-order valence-corrected chi connectivity index (χ1v) is 12.1. The fourth-order valence-electron chi connectivity index (χ4n) is 4.44. The van der Waals surface area contributed by atoms with Gasteiger partial charge in [0.2, 0.25) is 0 Å². The van der Waals surface area contributed by atoms with Crippen LogP contribution < -0.4 is 0 Å². The average molecular weight is 436 g/mol. The van der Waals surface area contributed by atoms with Gasteiger partial charge >= 0.3 is 0 Å². The summed E-state index contributed by atoms with van der Waals surface area (Å²) in [6.45, 7) is 1.36. The predicted molar refractivity (Wildman–Crippen MR) is 123 cm³/mol. The van der Waals surface area contributed by atoms with Crippen LogP contribution in [0.25, 0.3) is 0 Å². The third-order valence-electron chi connectivity index (χ3n) is 6.40. The van der Waals surface area contributed by atoms with Crippen molar-refractivity contribution in [2.24, 2.45) is 0 Å². The van der Waals surface area contributed by atoms with Gasteiger partial charge in [0.05, 0.1) is 5.01 Å². The summed E-state index contributed by atoms with van der Waals surface area (Å²) in [7, 11) is 1.91. The van der Waals surface area contributed by atoms with E-state index >= 15 is 0 Å². The summed E-state index contributed by atoms with van der Waals surface area (Å²) in [5.74, 6) is 5.93. The van der Waals surface area contributed by atoms with E-state index < -0.39 is 0 Å². The van der Waals surface area contributed by atoms with Gasteiger partial charge in [-0.2, -0.15) is 0 Å². The number of amides is 2. The van der Waals surface area contributed by atoms with Crippen LogP contribution >= 0.6 is 11.3 Å². The van der Waals surface area contributed by atoms with E-state index in [-0.39, 0.29) is 11.8 Å². The maximum absolute atomic E-state index is 12.9. The summed E-state index contributed by atoms with van der Waals surface area (Å²) in [5, 5.41) is 2.92. The van der Waals surface area contributed by atoms with Crippen molar-refractivity contribution in [3.63, 3.8) is 0 Å². The first kappa shape index (κ1) is 21.6. The molecule has 2 aromatic rings. The highest BCUT2D eigenvalue weighted by Crippen LogP contribution is 2.31. The lowest BCUT2D eigenvalue weighted by Gasteiger charge is -2.31. The zero-order valence-corrected chi connectivity index (χ0v) is 18.9. The molecule has 1 saturated carbocycles. The molecule has 0 radical (unpaired) electrons. The van der Waals surface area contributed by atoms with Gasteiger partial charge in [-0.25, -0.2) is 4.98 Å². The van der Waals surface area contributed by atoms with Crippen LogP contribution in [0, 0.1) is 11.8 Å². The molecular weight excluding hydrogens is 406 g/mol. The van der Waals surface area contributed by atoms with Crippen molar-refractivity contribution in [3.05, 3.63) is 52.0 Å². The van der Waals surface area contributed by atoms with Crippen LogP contribution in [-0.4, -0.2) is 52.8 Å². The van der Waals surface area contributed by atoms with Gasteiger partial charge in [-0.1, -0.05) is 43.4 Å². The van der Waals surface area contributed by atoms with Gasteiger partial charge < -0.3 is 9.80 Å². The number of nitrogens with zero attached hydrogens (tertiary/aromatic N) is 3. The number of benzene rings is 1. The van der Waals surface area contributed by atoms with E-state index in [2.05, 4.69) is 11.8 Å². The van der Waals surface area contributed by atoms with Crippen molar-refractivity contribution < 1.29 is 9.59 Å². The van der Waals surface area contributed by atoms with E-state index in [1.165, 1.54) is 19.3 Å². The SMILES string of the molecule is CN(C(=O)c1csc(C2CCN(C(=O)C#Cc3ccccc3)CC2)n1)C1CCCCC1. The molecule has 1 aliphatic carbocycles. The summed E-state index contributed by atoms with van der Waals surface area (Å²) in [6.07, 6.45) is 7.60. The monoisotopic (exact) mass is 435 g/mol. The Morgan fingerprint density at radius 2 is 1.77 bits per heavy atom. The Bertz CT molecular complexity index is 961. The van der Waals surface area contributed by atoms with Crippen molar-refractivity contribution in [3.8, 4) is 11.8 Å². The van der Waals surface area contributed by atoms with Crippen LogP contribution in [0.4, 0.5) is 0 Å². The number of rotatable bonds is 3. The molecule has 0 atom stereocenters. The molecule has 0 N–H and O–H groups in total. The fourth-order valence-corrected chi connectivity index (χ4v) is 5.41. The molecule has 0 bridgehead atoms. The number of carbonyl (C=O) groups excluding carboxylic acids is 2. The Balaban J connectivity index is 1.31. The van der Waals surface area contributed by atoms with Crippen LogP contribution in [0.1, 0.15) is 71.9 Å². The quantitative estimate of drug-likeness (QED) is 0.675. The molecular formula is C25H29N3O2S. The number of thiazole rings is 1. The minimum atomic E-state index is -0.119. The first-order valence-electron chi connectivity index (χ1n) is 11.2. The molecule has 5 nitrogen and oxygen atoms in total. The Kier molecular flexibility index (Phi) is 7.03. The minimum absolute atomic E-state index is 0.0400. The lowest BCUT2D eigenvalue weighted by Crippen LogP contribution is -2.38. The number of piperidine rings is 1. The zero-order valence-electron chi connectivity index (χ0n) is 18.0. The van der Waals surface area contributed by atoms with Crippen molar-refractivity contribution in [1.29, 1.82) is 0 Å². The van der Waals surface area contributed by atoms with E-state index in [1.54, 1.807) is 11.3 Å². The second-order valence-corrected chi connectivity index (χ2v) is 9.35. The molecule has 6 heteroatoms. The summed E-state index contributed by atoms with van der Waals surface area (Å²) in [6, 6.07) is 9.92. The number of aromatic nitrogens is 1. The van der Waals surface area contributed by atoms with Crippen molar-refractivity contribution >= 4 is 23.2 Å². The third kappa shape index (κ3) is 5.34. The molecule has 1 aromatic heterocycles. The van der Waals surface area contributed by atoms with Crippen molar-refractivity contribution in [1.82, 2.24) is 14.8 Å². The van der Waals surface area contributed by atoms with Crippen molar-refractivity contribution in [2.75, 3.05) is 20.1 Å². The molecule has 0 unspecified atom stereocenters. The van der Waals surface area contributed by atoms with E-state index in [9.17, 15) is 9.59 Å². The highest BCUT2D eigenvalue weighted by molar-refractivity contribution is 7.09. The van der Waals surface area contributed by atoms with Crippen LogP contribution in [0.3, 0.4) is 0 Å². The van der Waals surface area contributed by atoms with Crippen LogP contribution in [-0.2, 0) is 4.79 Å². The summed E-state index contributed by atoms with van der Waals surface area (Å²) in [4.78, 5) is 33.7. The Labute approximate surface area is 188 Å². The van der Waals surface area contributed by atoms with Gasteiger partial charge in [-0.05, 0) is 37.8 Å². The molecule has 162 valence electrons. The van der Waals surface area contributed by atoms with Crippen LogP contribution in [0.2, 0.25) is 0 Å². The Morgan fingerprint density at radius 1 is 1.06 bits per heavy atom. The first-order chi connectivity index (χ1) is 15.1. The van der Waals surface area contributed by atoms with Gasteiger partial charge in [0.1, 0.15) is 5.69 Å². The van der Waals surface area contributed by atoms with Crippen LogP contribution in [0.15, 0.2) is 35.7 Å². The predicted octanol–water partition coefficient (Wildman–Crippen LogP) is 4.31. The smallest absolute Gasteiger partial charge is 0.298 e. The van der Waals surface area contributed by atoms with E-state index in [1.807, 2.05) is 52.6 Å². The maximum Gasteiger partial charge on any atom is 0.298 e. The molecule has 2 aliphatic rings. The van der Waals surface area contributed by atoms with Crippen LogP contribution in [0.5, 0.6) is 0 Å². The molecule has 0 spiro atoms. The second-order valence-electron chi connectivity index (χ2n) is 8.46. The number of likely N-dealkylation sites (tertiary alicyclic amines) is 1. The van der Waals surface area contributed by atoms with E-state index in [0.29, 0.717) is 30.7 Å². The molecule has 1 saturated heterocycles. The zero-order chi connectivity index (χ0) is 21.6. The number of hydrogen-bond acceptors (Lipinski definition) is 4. The molecule has 2 fully saturated rings. The third-order valence-corrected chi connectivity index (χ3v) is 7.41. The highest BCUT2D eigenvalue weighted by atomic mass is 32.1. The Hall–Kier alpha value is -2.65. The van der Waals surface area contributed by atoms with Gasteiger partial charge in [0.15, 0.2) is 0 Å². The normalized spacial score (nSPS) is 17.6. The van der Waals surface area contributed by atoms with Gasteiger partial charge in [0, 0.05) is 49.0 Å². The van der Waals surface area contributed by atoms with Crippen molar-refractivity contribution in [2.45, 2.75) is 56.9 Å². The lowest BCUT2D eigenvalue weighted by molar-refractivity contribution is -0.126. The highest BCUT2D eigenvalue weighted by Gasteiger charge is 2.28. The molecule has 2 amide bonds. The maximum atomic E-state index is 12.9. The number of carbonyl (C=O) groups is 2. The summed E-state index contributed by atoms with van der Waals surface area (Å²) in [5.41, 5.74) is 1.42. The topological polar surface area (TPSA) is 53.5 Å². The molecule has 2 heterocycles. The average Bonchev–Trinajstić information content (AvgIpc) is 3.33. The molecule has 1 aromatic carbocycles. The largest absolute Gasteiger partial charge is 0.337 e. The summed E-state index contributed by atoms with van der Waals surface area (Å²) >= 11 is 1.58. The van der Waals surface area contributed by atoms with Gasteiger partial charge in [-0.15, -0.1) is 11.3 Å². The van der Waals surface area contributed by atoms with E-state index in [4.69, 9.17) is 4.98 Å². The van der Waals surface area contributed by atoms with E-state index in [0.717, 1.165) is 36.3 Å². The van der Waals surface area contributed by atoms with Gasteiger partial charge in [-0.3, -0.25) is 9.59 Å². The minimum Gasteiger partial charge on any atom is -0.337 e. The fraction of sp³-hybridized carbons (Fsp3) is 0.480. The molecule has 4 rings (SSSR count). The number of hydrogen-bond donors (Lipinski definition) is 0. The van der Waals surface area contributed by atoms with Gasteiger partial charge in [0.25, 0.3) is 11.8 Å². The molecule has 31 heavy (non-hydrogen) atoms. The lowest BCUT2D eigenvalue weighted by atomic mass is 9.94. The standard InChI is InChI=1S/C25H29N3O2S/c1-27(21-10-6-3-7-11-21)25(30)22-18-31-24(26-22)20-14-16-28(17-15-20)23(29)13-12-19-8-4-2-5-9-19/h2,4-5,8-9,18,20-21H,3,6-7,10-11,14-17H2,1H3. The molecule has 1 aliphatic heterocycles.